The lowest BCUT2D eigenvalue weighted by atomic mass is 9.88. The SMILES string of the molecule is C1=CC(N(c2ccc(-c3ccccc3)cc2)c2ccc(-c3ccccc3)c(-c3ccccc3-c3ccc4c(c3)C4)c2)CC=C1c1ccccc1. The molecule has 0 aliphatic heterocycles. The molecule has 7 aromatic carbocycles. The van der Waals surface area contributed by atoms with Crippen LogP contribution in [0.4, 0.5) is 11.4 Å². The zero-order valence-electron chi connectivity index (χ0n) is 27.9. The van der Waals surface area contributed by atoms with Crippen molar-refractivity contribution in [3.8, 4) is 44.5 Å². The standard InChI is InChI=1S/C49H37N/c1-4-12-35(13-5-1)37-22-26-43(27-23-37)50(44-28-24-38(25-29-44)36-14-6-2-7-15-36)45-30-31-47(39-16-8-3-9-17-39)49(34-45)48-19-11-10-18-46(48)41-21-20-40-32-42(40)33-41/h1-28,30-31,33-34,44H,29,32H2. The van der Waals surface area contributed by atoms with E-state index >= 15 is 0 Å². The van der Waals surface area contributed by atoms with E-state index in [0.717, 1.165) is 12.8 Å². The summed E-state index contributed by atoms with van der Waals surface area (Å²) in [5, 5.41) is 0. The molecule has 0 saturated carbocycles. The Kier molecular flexibility index (Phi) is 7.80. The molecule has 238 valence electrons. The van der Waals surface area contributed by atoms with Gasteiger partial charge >= 0.3 is 0 Å². The lowest BCUT2D eigenvalue weighted by Crippen LogP contribution is -2.30. The van der Waals surface area contributed by atoms with Gasteiger partial charge in [-0.25, -0.2) is 0 Å². The molecule has 2 aliphatic carbocycles. The molecule has 0 heterocycles. The lowest BCUT2D eigenvalue weighted by Gasteiger charge is -2.34. The van der Waals surface area contributed by atoms with Gasteiger partial charge in [0.25, 0.3) is 0 Å². The minimum absolute atomic E-state index is 0.153. The zero-order valence-corrected chi connectivity index (χ0v) is 27.9. The fourth-order valence-corrected chi connectivity index (χ4v) is 7.43. The predicted molar refractivity (Wildman–Crippen MR) is 212 cm³/mol. The summed E-state index contributed by atoms with van der Waals surface area (Å²) >= 11 is 0. The summed E-state index contributed by atoms with van der Waals surface area (Å²) in [7, 11) is 0. The van der Waals surface area contributed by atoms with Crippen LogP contribution in [0.2, 0.25) is 0 Å². The molecule has 9 rings (SSSR count). The van der Waals surface area contributed by atoms with Crippen LogP contribution in [0.25, 0.3) is 50.1 Å². The van der Waals surface area contributed by atoms with E-state index in [9.17, 15) is 0 Å². The molecule has 0 amide bonds. The normalized spacial score (nSPS) is 14.5. The van der Waals surface area contributed by atoms with E-state index in [-0.39, 0.29) is 6.04 Å². The number of benzene rings is 7. The van der Waals surface area contributed by atoms with Crippen LogP contribution in [0.3, 0.4) is 0 Å². The van der Waals surface area contributed by atoms with Crippen molar-refractivity contribution in [3.05, 3.63) is 211 Å². The summed E-state index contributed by atoms with van der Waals surface area (Å²) < 4.78 is 0. The highest BCUT2D eigenvalue weighted by Gasteiger charge is 2.24. The molecular formula is C49H37N. The number of rotatable bonds is 8. The molecule has 2 aliphatic rings. The highest BCUT2D eigenvalue weighted by Crippen LogP contribution is 2.44. The van der Waals surface area contributed by atoms with Crippen LogP contribution in [0.15, 0.2) is 194 Å². The van der Waals surface area contributed by atoms with Crippen LogP contribution in [0.5, 0.6) is 0 Å². The number of hydrogen-bond donors (Lipinski definition) is 0. The third kappa shape index (κ3) is 5.88. The quantitative estimate of drug-likeness (QED) is 0.160. The molecule has 0 spiro atoms. The molecule has 0 aromatic heterocycles. The second kappa shape index (κ2) is 13.0. The molecule has 50 heavy (non-hydrogen) atoms. The third-order valence-corrected chi connectivity index (χ3v) is 10.1. The molecule has 7 aromatic rings. The van der Waals surface area contributed by atoms with Crippen molar-refractivity contribution < 1.29 is 0 Å². The van der Waals surface area contributed by atoms with E-state index in [2.05, 4.69) is 199 Å². The summed E-state index contributed by atoms with van der Waals surface area (Å²) in [5.74, 6) is 0. The van der Waals surface area contributed by atoms with Crippen molar-refractivity contribution in [1.82, 2.24) is 0 Å². The number of fused-ring (bicyclic) bond motifs is 1. The molecule has 1 unspecified atom stereocenters. The summed E-state index contributed by atoms with van der Waals surface area (Å²) in [6.07, 6.45) is 9.09. The van der Waals surface area contributed by atoms with E-state index in [4.69, 9.17) is 0 Å². The van der Waals surface area contributed by atoms with Gasteiger partial charge in [0.05, 0.1) is 6.04 Å². The average molecular weight is 640 g/mol. The van der Waals surface area contributed by atoms with Gasteiger partial charge < -0.3 is 4.90 Å². The number of nitrogens with zero attached hydrogens (tertiary/aromatic N) is 1. The lowest BCUT2D eigenvalue weighted by molar-refractivity contribution is 0.787. The first kappa shape index (κ1) is 29.9. The Bertz CT molecular complexity index is 2350. The number of anilines is 2. The predicted octanol–water partition coefficient (Wildman–Crippen LogP) is 12.8. The second-order valence-corrected chi connectivity index (χ2v) is 13.3. The minimum atomic E-state index is 0.153. The number of hydrogen-bond acceptors (Lipinski definition) is 1. The minimum Gasteiger partial charge on any atom is -0.334 e. The largest absolute Gasteiger partial charge is 0.334 e. The highest BCUT2D eigenvalue weighted by molar-refractivity contribution is 5.94. The maximum atomic E-state index is 2.52. The molecule has 0 radical (unpaired) electrons. The fourth-order valence-electron chi connectivity index (χ4n) is 7.43. The van der Waals surface area contributed by atoms with Gasteiger partial charge in [0, 0.05) is 11.4 Å². The van der Waals surface area contributed by atoms with Crippen LogP contribution in [0, 0.1) is 0 Å². The first-order valence-corrected chi connectivity index (χ1v) is 17.6. The van der Waals surface area contributed by atoms with Gasteiger partial charge in [-0.15, -0.1) is 0 Å². The molecule has 0 fully saturated rings. The van der Waals surface area contributed by atoms with Crippen molar-refractivity contribution in [2.75, 3.05) is 4.90 Å². The van der Waals surface area contributed by atoms with E-state index in [0.29, 0.717) is 0 Å². The molecular weight excluding hydrogens is 603 g/mol. The summed E-state index contributed by atoms with van der Waals surface area (Å²) in [5.41, 5.74) is 17.7. The van der Waals surface area contributed by atoms with E-state index in [1.165, 1.54) is 78.1 Å². The maximum Gasteiger partial charge on any atom is 0.0560 e. The Morgan fingerprint density at radius 2 is 0.980 bits per heavy atom. The van der Waals surface area contributed by atoms with Gasteiger partial charge in [0.15, 0.2) is 0 Å². The zero-order chi connectivity index (χ0) is 33.3. The van der Waals surface area contributed by atoms with Crippen LogP contribution >= 0.6 is 0 Å². The number of allylic oxidation sites excluding steroid dienone is 2. The van der Waals surface area contributed by atoms with E-state index in [1.54, 1.807) is 0 Å². The Labute approximate surface area is 295 Å². The van der Waals surface area contributed by atoms with Gasteiger partial charge in [-0.2, -0.15) is 0 Å². The van der Waals surface area contributed by atoms with Gasteiger partial charge in [-0.05, 0) is 104 Å². The van der Waals surface area contributed by atoms with Crippen LogP contribution < -0.4 is 4.90 Å². The van der Waals surface area contributed by atoms with Gasteiger partial charge in [-0.3, -0.25) is 0 Å². The molecule has 1 nitrogen and oxygen atoms in total. The highest BCUT2D eigenvalue weighted by atomic mass is 15.2. The average Bonchev–Trinajstić information content (AvgIpc) is 3.99. The molecule has 1 heteroatoms. The van der Waals surface area contributed by atoms with Gasteiger partial charge in [0.1, 0.15) is 0 Å². The van der Waals surface area contributed by atoms with Crippen LogP contribution in [-0.2, 0) is 6.42 Å². The van der Waals surface area contributed by atoms with Crippen molar-refractivity contribution in [2.24, 2.45) is 0 Å². The summed E-state index contributed by atoms with van der Waals surface area (Å²) in [4.78, 5) is 2.52. The summed E-state index contributed by atoms with van der Waals surface area (Å²) in [6, 6.07) is 64.3. The molecule has 0 bridgehead atoms. The van der Waals surface area contributed by atoms with Crippen molar-refractivity contribution >= 4 is 16.9 Å². The monoisotopic (exact) mass is 639 g/mol. The van der Waals surface area contributed by atoms with Gasteiger partial charge in [0.2, 0.25) is 0 Å². The van der Waals surface area contributed by atoms with Crippen LogP contribution in [0.1, 0.15) is 23.1 Å². The molecule has 0 saturated heterocycles. The van der Waals surface area contributed by atoms with Crippen molar-refractivity contribution in [3.63, 3.8) is 0 Å². The molecule has 1 atom stereocenters. The second-order valence-electron chi connectivity index (χ2n) is 13.3. The first-order valence-electron chi connectivity index (χ1n) is 17.6. The third-order valence-electron chi connectivity index (χ3n) is 10.1. The summed E-state index contributed by atoms with van der Waals surface area (Å²) in [6.45, 7) is 0. The Hall–Kier alpha value is -6.18. The van der Waals surface area contributed by atoms with E-state index in [1.807, 2.05) is 0 Å². The topological polar surface area (TPSA) is 3.24 Å². The van der Waals surface area contributed by atoms with Gasteiger partial charge in [-0.1, -0.05) is 170 Å². The Morgan fingerprint density at radius 1 is 0.400 bits per heavy atom. The Balaban J connectivity index is 1.18. The van der Waals surface area contributed by atoms with Crippen molar-refractivity contribution in [2.45, 2.75) is 18.9 Å². The Morgan fingerprint density at radius 3 is 1.66 bits per heavy atom. The molecule has 0 N–H and O–H groups in total. The van der Waals surface area contributed by atoms with Crippen molar-refractivity contribution in [1.29, 1.82) is 0 Å². The first-order chi connectivity index (χ1) is 24.8. The van der Waals surface area contributed by atoms with Crippen LogP contribution in [-0.4, -0.2) is 6.04 Å². The van der Waals surface area contributed by atoms with E-state index < -0.39 is 0 Å². The maximum absolute atomic E-state index is 2.52. The fraction of sp³-hybridized carbons (Fsp3) is 0.0612. The smallest absolute Gasteiger partial charge is 0.0560 e.